The van der Waals surface area contributed by atoms with Gasteiger partial charge in [0.1, 0.15) is 6.10 Å². The van der Waals surface area contributed by atoms with Crippen LogP contribution in [-0.2, 0) is 9.59 Å². The Morgan fingerprint density at radius 2 is 1.78 bits per heavy atom. The molecular formula is C17H23ClN2O3. The maximum atomic E-state index is 12.3. The van der Waals surface area contributed by atoms with Crippen molar-refractivity contribution in [2.24, 2.45) is 5.92 Å². The quantitative estimate of drug-likeness (QED) is 0.740. The fraction of sp³-hybridized carbons (Fsp3) is 0.529. The van der Waals surface area contributed by atoms with Crippen LogP contribution in [0.3, 0.4) is 0 Å². The van der Waals surface area contributed by atoms with Crippen LogP contribution < -0.4 is 10.6 Å². The van der Waals surface area contributed by atoms with Gasteiger partial charge in [0.15, 0.2) is 0 Å². The number of amides is 2. The second-order valence-electron chi connectivity index (χ2n) is 6.43. The van der Waals surface area contributed by atoms with Gasteiger partial charge in [-0.25, -0.2) is 0 Å². The van der Waals surface area contributed by atoms with Crippen LogP contribution in [0.4, 0.5) is 0 Å². The molecule has 0 saturated heterocycles. The van der Waals surface area contributed by atoms with E-state index in [-0.39, 0.29) is 35.7 Å². The molecule has 0 aliphatic heterocycles. The molecule has 0 radical (unpaired) electrons. The van der Waals surface area contributed by atoms with Gasteiger partial charge < -0.3 is 15.7 Å². The van der Waals surface area contributed by atoms with E-state index < -0.39 is 6.10 Å². The van der Waals surface area contributed by atoms with E-state index in [1.54, 1.807) is 26.0 Å². The Kier molecular flexibility index (Phi) is 5.65. The number of benzene rings is 1. The van der Waals surface area contributed by atoms with E-state index in [1.165, 1.54) is 0 Å². The summed E-state index contributed by atoms with van der Waals surface area (Å²) in [6.45, 7) is 5.38. The zero-order valence-corrected chi connectivity index (χ0v) is 14.3. The normalized spacial score (nSPS) is 22.3. The van der Waals surface area contributed by atoms with Crippen LogP contribution in [0.25, 0.3) is 0 Å². The summed E-state index contributed by atoms with van der Waals surface area (Å²) in [7, 11) is 0. The maximum Gasteiger partial charge on any atom is 0.249 e. The molecule has 1 aromatic rings. The van der Waals surface area contributed by atoms with E-state index >= 15 is 0 Å². The van der Waals surface area contributed by atoms with Crippen LogP contribution >= 0.6 is 11.6 Å². The highest BCUT2D eigenvalue weighted by molar-refractivity contribution is 6.30. The van der Waals surface area contributed by atoms with Gasteiger partial charge in [-0.1, -0.05) is 37.6 Å². The van der Waals surface area contributed by atoms with E-state index in [0.29, 0.717) is 11.4 Å². The van der Waals surface area contributed by atoms with Gasteiger partial charge in [-0.05, 0) is 37.0 Å². The molecule has 3 N–H and O–H groups in total. The Morgan fingerprint density at radius 1 is 1.17 bits per heavy atom. The maximum absolute atomic E-state index is 12.3. The summed E-state index contributed by atoms with van der Waals surface area (Å²) in [5, 5.41) is 16.0. The minimum absolute atomic E-state index is 0.0764. The van der Waals surface area contributed by atoms with Crippen molar-refractivity contribution in [1.82, 2.24) is 10.6 Å². The van der Waals surface area contributed by atoms with Gasteiger partial charge in [0.05, 0.1) is 18.0 Å². The summed E-state index contributed by atoms with van der Waals surface area (Å²) < 4.78 is 0. The number of carbonyl (C=O) groups excluding carboxylic acids is 2. The van der Waals surface area contributed by atoms with Crippen molar-refractivity contribution in [3.8, 4) is 0 Å². The molecule has 23 heavy (non-hydrogen) atoms. The minimum atomic E-state index is -1.02. The molecule has 1 unspecified atom stereocenters. The second kappa shape index (κ2) is 7.32. The Morgan fingerprint density at radius 3 is 2.35 bits per heavy atom. The van der Waals surface area contributed by atoms with Crippen LogP contribution in [0.1, 0.15) is 38.7 Å². The Hall–Kier alpha value is -1.59. The lowest BCUT2D eigenvalue weighted by Gasteiger charge is -2.15. The predicted octanol–water partition coefficient (Wildman–Crippen LogP) is 1.83. The van der Waals surface area contributed by atoms with Crippen LogP contribution in [-0.4, -0.2) is 35.1 Å². The third-order valence-electron chi connectivity index (χ3n) is 4.09. The molecular weight excluding hydrogens is 316 g/mol. The highest BCUT2D eigenvalue weighted by Gasteiger charge is 2.41. The molecule has 1 fully saturated rings. The van der Waals surface area contributed by atoms with E-state index in [2.05, 4.69) is 10.6 Å². The first-order valence-electron chi connectivity index (χ1n) is 7.84. The van der Waals surface area contributed by atoms with E-state index in [0.717, 1.165) is 5.56 Å². The van der Waals surface area contributed by atoms with Gasteiger partial charge in [-0.2, -0.15) is 0 Å². The number of rotatable bonds is 6. The zero-order chi connectivity index (χ0) is 17.1. The standard InChI is InChI=1S/C17H23ClN2O3/c1-9(2)15(21)17(23)20-14-8-13(14)19-16(22)10(3)11-5-4-6-12(18)7-11/h4-7,9-10,13-15,21H,8H2,1-3H3,(H,19,22)(H,20,23)/t10?,13-,14-,15+/m0/s1. The first kappa shape index (κ1) is 17.8. The van der Waals surface area contributed by atoms with Gasteiger partial charge in [0.25, 0.3) is 0 Å². The molecule has 0 heterocycles. The van der Waals surface area contributed by atoms with E-state index in [9.17, 15) is 14.7 Å². The summed E-state index contributed by atoms with van der Waals surface area (Å²) in [5.41, 5.74) is 0.853. The van der Waals surface area contributed by atoms with E-state index in [4.69, 9.17) is 11.6 Å². The molecule has 4 atom stereocenters. The zero-order valence-electron chi connectivity index (χ0n) is 13.5. The molecule has 0 bridgehead atoms. The van der Waals surface area contributed by atoms with Gasteiger partial charge in [-0.3, -0.25) is 9.59 Å². The number of aliphatic hydroxyl groups is 1. The summed E-state index contributed by atoms with van der Waals surface area (Å²) in [6, 6.07) is 7.04. The lowest BCUT2D eigenvalue weighted by Crippen LogP contribution is -2.42. The lowest BCUT2D eigenvalue weighted by atomic mass is 10.0. The van der Waals surface area contributed by atoms with Crippen molar-refractivity contribution in [3.63, 3.8) is 0 Å². The van der Waals surface area contributed by atoms with Crippen molar-refractivity contribution in [2.75, 3.05) is 0 Å². The molecule has 1 aliphatic rings. The smallest absolute Gasteiger partial charge is 0.249 e. The fourth-order valence-corrected chi connectivity index (χ4v) is 2.52. The predicted molar refractivity (Wildman–Crippen MR) is 89.2 cm³/mol. The van der Waals surface area contributed by atoms with Crippen LogP contribution in [0.15, 0.2) is 24.3 Å². The molecule has 2 amide bonds. The summed E-state index contributed by atoms with van der Waals surface area (Å²) in [6.07, 6.45) is -0.331. The molecule has 5 nitrogen and oxygen atoms in total. The van der Waals surface area contributed by atoms with Crippen LogP contribution in [0, 0.1) is 5.92 Å². The van der Waals surface area contributed by atoms with Crippen LogP contribution in [0.5, 0.6) is 0 Å². The average Bonchev–Trinajstić information content (AvgIpc) is 3.22. The van der Waals surface area contributed by atoms with Crippen molar-refractivity contribution in [3.05, 3.63) is 34.9 Å². The Labute approximate surface area is 141 Å². The molecule has 126 valence electrons. The largest absolute Gasteiger partial charge is 0.383 e. The topological polar surface area (TPSA) is 78.4 Å². The SMILES string of the molecule is CC(C(=O)N[C@H]1C[C@@H]1NC(=O)[C@H](O)C(C)C)c1cccc(Cl)c1. The minimum Gasteiger partial charge on any atom is -0.383 e. The average molecular weight is 339 g/mol. The summed E-state index contributed by atoms with van der Waals surface area (Å²) in [4.78, 5) is 24.0. The first-order valence-corrected chi connectivity index (χ1v) is 8.21. The monoisotopic (exact) mass is 338 g/mol. The molecule has 1 aliphatic carbocycles. The number of carbonyl (C=O) groups is 2. The van der Waals surface area contributed by atoms with Crippen LogP contribution in [0.2, 0.25) is 5.02 Å². The van der Waals surface area contributed by atoms with Gasteiger partial charge >= 0.3 is 0 Å². The summed E-state index contributed by atoms with van der Waals surface area (Å²) in [5.74, 6) is -0.931. The molecule has 0 aromatic heterocycles. The molecule has 0 spiro atoms. The number of aliphatic hydroxyl groups excluding tert-OH is 1. The highest BCUT2D eigenvalue weighted by atomic mass is 35.5. The van der Waals surface area contributed by atoms with Gasteiger partial charge in [-0.15, -0.1) is 0 Å². The van der Waals surface area contributed by atoms with Crippen molar-refractivity contribution >= 4 is 23.4 Å². The van der Waals surface area contributed by atoms with Crippen molar-refractivity contribution < 1.29 is 14.7 Å². The van der Waals surface area contributed by atoms with E-state index in [1.807, 2.05) is 19.1 Å². The molecule has 6 heteroatoms. The summed E-state index contributed by atoms with van der Waals surface area (Å²) >= 11 is 5.94. The molecule has 1 saturated carbocycles. The third-order valence-corrected chi connectivity index (χ3v) is 4.32. The molecule has 2 rings (SSSR count). The van der Waals surface area contributed by atoms with Crippen molar-refractivity contribution in [1.29, 1.82) is 0 Å². The lowest BCUT2D eigenvalue weighted by molar-refractivity contribution is -0.131. The fourth-order valence-electron chi connectivity index (χ4n) is 2.32. The Bertz CT molecular complexity index is 591. The van der Waals surface area contributed by atoms with Gasteiger partial charge in [0.2, 0.25) is 11.8 Å². The first-order chi connectivity index (χ1) is 10.8. The highest BCUT2D eigenvalue weighted by Crippen LogP contribution is 2.25. The number of hydrogen-bond donors (Lipinski definition) is 3. The molecule has 1 aromatic carbocycles. The number of hydrogen-bond acceptors (Lipinski definition) is 3. The number of halogens is 1. The number of nitrogens with one attached hydrogen (secondary N) is 2. The van der Waals surface area contributed by atoms with Gasteiger partial charge in [0, 0.05) is 5.02 Å². The third kappa shape index (κ3) is 4.69. The Balaban J connectivity index is 1.82. The van der Waals surface area contributed by atoms with Crippen molar-refractivity contribution in [2.45, 2.75) is 51.3 Å². The second-order valence-corrected chi connectivity index (χ2v) is 6.87.